The summed E-state index contributed by atoms with van der Waals surface area (Å²) in [6, 6.07) is 15.7. The van der Waals surface area contributed by atoms with E-state index in [0.717, 1.165) is 16.5 Å². The van der Waals surface area contributed by atoms with Gasteiger partial charge in [0.2, 0.25) is 0 Å². The van der Waals surface area contributed by atoms with Gasteiger partial charge in [0.1, 0.15) is 11.6 Å². The molecular weight excluding hydrogens is 290 g/mol. The van der Waals surface area contributed by atoms with Gasteiger partial charge in [-0.3, -0.25) is 4.79 Å². The van der Waals surface area contributed by atoms with Crippen LogP contribution in [0.4, 0.5) is 5.82 Å². The van der Waals surface area contributed by atoms with E-state index in [1.807, 2.05) is 62.4 Å². The van der Waals surface area contributed by atoms with Gasteiger partial charge < -0.3 is 10.1 Å². The molecule has 0 radical (unpaired) electrons. The Morgan fingerprint density at radius 1 is 1.17 bits per heavy atom. The van der Waals surface area contributed by atoms with E-state index in [9.17, 15) is 4.79 Å². The molecule has 0 spiro atoms. The van der Waals surface area contributed by atoms with Crippen LogP contribution in [-0.4, -0.2) is 22.3 Å². The lowest BCUT2D eigenvalue weighted by molar-refractivity contribution is -0.118. The summed E-state index contributed by atoms with van der Waals surface area (Å²) < 4.78 is 7.34. The summed E-state index contributed by atoms with van der Waals surface area (Å²) in [4.78, 5) is 12.0. The Hall–Kier alpha value is -2.82. The molecule has 0 aliphatic carbocycles. The van der Waals surface area contributed by atoms with Crippen LogP contribution in [0.5, 0.6) is 5.75 Å². The lowest BCUT2D eigenvalue weighted by Gasteiger charge is -2.09. The molecule has 0 bridgehead atoms. The molecule has 3 rings (SSSR count). The minimum Gasteiger partial charge on any atom is -0.484 e. The summed E-state index contributed by atoms with van der Waals surface area (Å²) in [5.41, 5.74) is 0.873. The van der Waals surface area contributed by atoms with Crippen LogP contribution in [0.2, 0.25) is 0 Å². The number of hydrogen-bond acceptors (Lipinski definition) is 3. The number of nitrogens with one attached hydrogen (secondary N) is 1. The first-order chi connectivity index (χ1) is 11.2. The zero-order chi connectivity index (χ0) is 16.2. The monoisotopic (exact) mass is 309 g/mol. The lowest BCUT2D eigenvalue weighted by Crippen LogP contribution is -2.22. The Kier molecular flexibility index (Phi) is 4.28. The summed E-state index contributed by atoms with van der Waals surface area (Å²) in [5, 5.41) is 9.36. The first kappa shape index (κ1) is 15.1. The normalized spacial score (nSPS) is 10.7. The number of carbonyl (C=O) groups is 1. The zero-order valence-corrected chi connectivity index (χ0v) is 13.2. The molecule has 1 amide bonds. The Morgan fingerprint density at radius 3 is 2.74 bits per heavy atom. The third-order valence-electron chi connectivity index (χ3n) is 3.56. The molecule has 5 heteroatoms. The number of anilines is 1. The second-order valence-electron chi connectivity index (χ2n) is 5.33. The molecule has 1 N–H and O–H groups in total. The number of amides is 1. The summed E-state index contributed by atoms with van der Waals surface area (Å²) >= 11 is 0. The number of rotatable bonds is 5. The van der Waals surface area contributed by atoms with E-state index < -0.39 is 0 Å². The van der Waals surface area contributed by atoms with Crippen molar-refractivity contribution in [3.05, 3.63) is 54.2 Å². The molecule has 0 atom stereocenters. The summed E-state index contributed by atoms with van der Waals surface area (Å²) in [6.45, 7) is 4.54. The number of hydrogen-bond donors (Lipinski definition) is 1. The fraction of sp³-hybridized carbons (Fsp3) is 0.222. The van der Waals surface area contributed by atoms with Gasteiger partial charge in [-0.1, -0.05) is 30.3 Å². The van der Waals surface area contributed by atoms with E-state index in [-0.39, 0.29) is 12.5 Å². The highest BCUT2D eigenvalue weighted by Crippen LogP contribution is 2.20. The standard InChI is InChI=1S/C18H19N3O2/c1-3-21-17(10-13(2)20-21)19-18(22)12-23-16-9-8-14-6-4-5-7-15(14)11-16/h4-11H,3,12H2,1-2H3,(H,19,22). The van der Waals surface area contributed by atoms with Crippen LogP contribution in [0.15, 0.2) is 48.5 Å². The molecule has 3 aromatic rings. The van der Waals surface area contributed by atoms with Gasteiger partial charge >= 0.3 is 0 Å². The lowest BCUT2D eigenvalue weighted by atomic mass is 10.1. The third-order valence-corrected chi connectivity index (χ3v) is 3.56. The van der Waals surface area contributed by atoms with Crippen molar-refractivity contribution >= 4 is 22.5 Å². The van der Waals surface area contributed by atoms with Crippen LogP contribution < -0.4 is 10.1 Å². The van der Waals surface area contributed by atoms with E-state index in [1.165, 1.54) is 0 Å². The molecule has 0 saturated heterocycles. The number of ether oxygens (including phenoxy) is 1. The number of fused-ring (bicyclic) bond motifs is 1. The maximum absolute atomic E-state index is 12.0. The minimum atomic E-state index is -0.201. The predicted molar refractivity (Wildman–Crippen MR) is 90.7 cm³/mol. The van der Waals surface area contributed by atoms with E-state index in [2.05, 4.69) is 10.4 Å². The number of nitrogens with zero attached hydrogens (tertiary/aromatic N) is 2. The molecule has 0 aliphatic rings. The molecule has 23 heavy (non-hydrogen) atoms. The predicted octanol–water partition coefficient (Wildman–Crippen LogP) is 3.38. The second-order valence-corrected chi connectivity index (χ2v) is 5.33. The molecular formula is C18H19N3O2. The summed E-state index contributed by atoms with van der Waals surface area (Å²) in [7, 11) is 0. The van der Waals surface area contributed by atoms with E-state index in [0.29, 0.717) is 18.1 Å². The molecule has 0 unspecified atom stereocenters. The number of aryl methyl sites for hydroxylation is 2. The topological polar surface area (TPSA) is 56.2 Å². The van der Waals surface area contributed by atoms with Crippen molar-refractivity contribution in [3.63, 3.8) is 0 Å². The van der Waals surface area contributed by atoms with Gasteiger partial charge in [0.25, 0.3) is 5.91 Å². The first-order valence-electron chi connectivity index (χ1n) is 7.61. The molecule has 1 heterocycles. The minimum absolute atomic E-state index is 0.0354. The Balaban J connectivity index is 1.63. The third kappa shape index (κ3) is 3.51. The fourth-order valence-electron chi connectivity index (χ4n) is 2.47. The molecule has 5 nitrogen and oxygen atoms in total. The summed E-state index contributed by atoms with van der Waals surface area (Å²) in [5.74, 6) is 1.17. The molecule has 0 saturated carbocycles. The highest BCUT2D eigenvalue weighted by atomic mass is 16.5. The van der Waals surface area contributed by atoms with Gasteiger partial charge in [-0.15, -0.1) is 0 Å². The molecule has 1 aromatic heterocycles. The number of carbonyl (C=O) groups excluding carboxylic acids is 1. The van der Waals surface area contributed by atoms with Crippen molar-refractivity contribution in [2.75, 3.05) is 11.9 Å². The number of aromatic nitrogens is 2. The van der Waals surface area contributed by atoms with Crippen LogP contribution in [0.3, 0.4) is 0 Å². The molecule has 0 aliphatic heterocycles. The maximum atomic E-state index is 12.0. The molecule has 118 valence electrons. The van der Waals surface area contributed by atoms with Crippen molar-refractivity contribution < 1.29 is 9.53 Å². The Morgan fingerprint density at radius 2 is 1.96 bits per heavy atom. The van der Waals surface area contributed by atoms with Crippen molar-refractivity contribution in [1.82, 2.24) is 9.78 Å². The Bertz CT molecular complexity index is 839. The summed E-state index contributed by atoms with van der Waals surface area (Å²) in [6.07, 6.45) is 0. The molecule has 0 fully saturated rings. The maximum Gasteiger partial charge on any atom is 0.263 e. The quantitative estimate of drug-likeness (QED) is 0.786. The van der Waals surface area contributed by atoms with Crippen molar-refractivity contribution in [3.8, 4) is 5.75 Å². The second kappa shape index (κ2) is 6.52. The van der Waals surface area contributed by atoms with Crippen molar-refractivity contribution in [2.24, 2.45) is 0 Å². The Labute approximate surface area is 134 Å². The van der Waals surface area contributed by atoms with Gasteiger partial charge in [-0.2, -0.15) is 5.10 Å². The largest absolute Gasteiger partial charge is 0.484 e. The van der Waals surface area contributed by atoms with Gasteiger partial charge in [0.15, 0.2) is 6.61 Å². The number of benzene rings is 2. The van der Waals surface area contributed by atoms with Gasteiger partial charge in [-0.05, 0) is 36.8 Å². The van der Waals surface area contributed by atoms with E-state index in [4.69, 9.17) is 4.74 Å². The van der Waals surface area contributed by atoms with Crippen LogP contribution in [0, 0.1) is 6.92 Å². The van der Waals surface area contributed by atoms with Crippen LogP contribution in [0.1, 0.15) is 12.6 Å². The SMILES string of the molecule is CCn1nc(C)cc1NC(=O)COc1ccc2ccccc2c1. The van der Waals surface area contributed by atoms with Crippen LogP contribution in [0.25, 0.3) is 10.8 Å². The molecule has 2 aromatic carbocycles. The fourth-order valence-corrected chi connectivity index (χ4v) is 2.47. The van der Waals surface area contributed by atoms with E-state index >= 15 is 0 Å². The smallest absolute Gasteiger partial charge is 0.263 e. The van der Waals surface area contributed by atoms with E-state index in [1.54, 1.807) is 4.68 Å². The first-order valence-corrected chi connectivity index (χ1v) is 7.61. The van der Waals surface area contributed by atoms with Gasteiger partial charge in [0.05, 0.1) is 5.69 Å². The average molecular weight is 309 g/mol. The zero-order valence-electron chi connectivity index (χ0n) is 13.2. The van der Waals surface area contributed by atoms with Crippen molar-refractivity contribution in [2.45, 2.75) is 20.4 Å². The average Bonchev–Trinajstić information content (AvgIpc) is 2.92. The highest BCUT2D eigenvalue weighted by molar-refractivity contribution is 5.91. The highest BCUT2D eigenvalue weighted by Gasteiger charge is 2.09. The van der Waals surface area contributed by atoms with Gasteiger partial charge in [-0.25, -0.2) is 4.68 Å². The van der Waals surface area contributed by atoms with Gasteiger partial charge in [0, 0.05) is 12.6 Å². The van der Waals surface area contributed by atoms with Crippen LogP contribution >= 0.6 is 0 Å². The van der Waals surface area contributed by atoms with Crippen LogP contribution in [-0.2, 0) is 11.3 Å². The van der Waals surface area contributed by atoms with Crippen molar-refractivity contribution in [1.29, 1.82) is 0 Å².